The molecule has 9 heteroatoms. The van der Waals surface area contributed by atoms with Gasteiger partial charge in [-0.3, -0.25) is 19.8 Å². The average Bonchev–Trinajstić information content (AvgIpc) is 2.55. The van der Waals surface area contributed by atoms with Crippen molar-refractivity contribution in [2.75, 3.05) is 17.3 Å². The van der Waals surface area contributed by atoms with E-state index in [1.807, 2.05) is 0 Å². The van der Waals surface area contributed by atoms with Gasteiger partial charge in [-0.05, 0) is 36.8 Å². The maximum atomic E-state index is 12.4. The molecule has 0 aliphatic heterocycles. The minimum absolute atomic E-state index is 0.0259. The minimum atomic E-state index is -1.11. The van der Waals surface area contributed by atoms with Crippen LogP contribution in [0.2, 0.25) is 5.02 Å². The number of carbonyl (C=O) groups is 2. The number of anilines is 2. The predicted molar refractivity (Wildman–Crippen MR) is 93.7 cm³/mol. The fourth-order valence-electron chi connectivity index (χ4n) is 2.10. The van der Waals surface area contributed by atoms with Crippen molar-refractivity contribution in [1.82, 2.24) is 0 Å². The van der Waals surface area contributed by atoms with Crippen LogP contribution in [0, 0.1) is 17.0 Å². The first kappa shape index (κ1) is 18.2. The molecule has 0 saturated heterocycles. The molecule has 0 aliphatic carbocycles. The van der Waals surface area contributed by atoms with E-state index >= 15 is 0 Å². The summed E-state index contributed by atoms with van der Waals surface area (Å²) in [6, 6.07) is 8.27. The summed E-state index contributed by atoms with van der Waals surface area (Å²) in [7, 11) is 1.40. The molecule has 2 N–H and O–H groups in total. The van der Waals surface area contributed by atoms with E-state index in [0.717, 1.165) is 11.0 Å². The summed E-state index contributed by atoms with van der Waals surface area (Å²) >= 11 is 5.95. The first-order chi connectivity index (χ1) is 11.7. The van der Waals surface area contributed by atoms with Gasteiger partial charge in [0.2, 0.25) is 0 Å². The third-order valence-corrected chi connectivity index (χ3v) is 3.87. The van der Waals surface area contributed by atoms with Gasteiger partial charge in [-0.2, -0.15) is 0 Å². The molecule has 0 radical (unpaired) electrons. The largest absolute Gasteiger partial charge is 0.465 e. The zero-order valence-electron chi connectivity index (χ0n) is 13.3. The number of nitrogens with zero attached hydrogens (tertiary/aromatic N) is 2. The molecule has 2 aromatic rings. The van der Waals surface area contributed by atoms with Gasteiger partial charge in [-0.15, -0.1) is 0 Å². The van der Waals surface area contributed by atoms with Gasteiger partial charge in [0.05, 0.1) is 15.5 Å². The van der Waals surface area contributed by atoms with Crippen molar-refractivity contribution in [3.8, 4) is 0 Å². The minimum Gasteiger partial charge on any atom is -0.465 e. The number of non-ortho nitro benzene ring substituents is 1. The number of rotatable bonds is 4. The Morgan fingerprint density at radius 2 is 1.92 bits per heavy atom. The highest BCUT2D eigenvalue weighted by molar-refractivity contribution is 6.34. The number of carboxylic acid groups (broad SMARTS) is 1. The topological polar surface area (TPSA) is 113 Å². The van der Waals surface area contributed by atoms with Gasteiger partial charge in [0, 0.05) is 30.6 Å². The van der Waals surface area contributed by atoms with E-state index in [2.05, 4.69) is 5.32 Å². The Morgan fingerprint density at radius 3 is 2.48 bits per heavy atom. The van der Waals surface area contributed by atoms with Crippen LogP contribution in [-0.2, 0) is 0 Å². The van der Waals surface area contributed by atoms with Crippen LogP contribution >= 0.6 is 11.6 Å². The van der Waals surface area contributed by atoms with Crippen molar-refractivity contribution in [2.24, 2.45) is 0 Å². The molecule has 2 amide bonds. The number of halogens is 1. The van der Waals surface area contributed by atoms with Crippen molar-refractivity contribution in [3.05, 3.63) is 62.7 Å². The number of benzene rings is 2. The third-order valence-electron chi connectivity index (χ3n) is 3.54. The molecule has 0 unspecified atom stereocenters. The van der Waals surface area contributed by atoms with Crippen molar-refractivity contribution >= 4 is 40.7 Å². The standard InChI is InChI=1S/C16H14ClN3O5/c1-9-7-10(19(2)16(22)23)4-6-14(9)18-15(21)12-8-11(20(24)25)3-5-13(12)17/h3-8H,1-2H3,(H,18,21)(H,22,23). The summed E-state index contributed by atoms with van der Waals surface area (Å²) in [5, 5.41) is 22.5. The lowest BCUT2D eigenvalue weighted by molar-refractivity contribution is -0.384. The highest BCUT2D eigenvalue weighted by atomic mass is 35.5. The molecule has 0 aromatic heterocycles. The maximum Gasteiger partial charge on any atom is 0.411 e. The zero-order valence-corrected chi connectivity index (χ0v) is 14.1. The van der Waals surface area contributed by atoms with Gasteiger partial charge in [-0.25, -0.2) is 4.79 Å². The van der Waals surface area contributed by atoms with Crippen LogP contribution in [0.5, 0.6) is 0 Å². The molecule has 8 nitrogen and oxygen atoms in total. The van der Waals surface area contributed by atoms with Gasteiger partial charge in [-0.1, -0.05) is 11.6 Å². The number of hydrogen-bond acceptors (Lipinski definition) is 4. The number of nitrogens with one attached hydrogen (secondary N) is 1. The molecule has 0 aliphatic rings. The normalized spacial score (nSPS) is 10.2. The number of amides is 2. The summed E-state index contributed by atoms with van der Waals surface area (Å²) < 4.78 is 0. The molecular weight excluding hydrogens is 350 g/mol. The SMILES string of the molecule is Cc1cc(N(C)C(=O)O)ccc1NC(=O)c1cc([N+](=O)[O-])ccc1Cl. The van der Waals surface area contributed by atoms with Crippen molar-refractivity contribution in [1.29, 1.82) is 0 Å². The summed E-state index contributed by atoms with van der Waals surface area (Å²) in [5.74, 6) is -0.601. The Kier molecular flexibility index (Phi) is 5.23. The molecule has 0 fully saturated rings. The van der Waals surface area contributed by atoms with Gasteiger partial charge in [0.15, 0.2) is 0 Å². The summed E-state index contributed by atoms with van der Waals surface area (Å²) in [6.45, 7) is 1.70. The van der Waals surface area contributed by atoms with Crippen LogP contribution < -0.4 is 10.2 Å². The lowest BCUT2D eigenvalue weighted by Gasteiger charge is -2.16. The van der Waals surface area contributed by atoms with Gasteiger partial charge < -0.3 is 10.4 Å². The predicted octanol–water partition coefficient (Wildman–Crippen LogP) is 3.92. The molecule has 0 atom stereocenters. The Bertz CT molecular complexity index is 869. The molecular formula is C16H14ClN3O5. The van der Waals surface area contributed by atoms with Gasteiger partial charge in [0.1, 0.15) is 0 Å². The molecule has 130 valence electrons. The van der Waals surface area contributed by atoms with Gasteiger partial charge >= 0.3 is 6.09 Å². The van der Waals surface area contributed by atoms with E-state index in [9.17, 15) is 19.7 Å². The van der Waals surface area contributed by atoms with E-state index in [4.69, 9.17) is 16.7 Å². The summed E-state index contributed by atoms with van der Waals surface area (Å²) in [5.41, 5.74) is 1.23. The quantitative estimate of drug-likeness (QED) is 0.631. The second-order valence-corrected chi connectivity index (χ2v) is 5.62. The molecule has 0 bridgehead atoms. The average molecular weight is 364 g/mol. The second kappa shape index (κ2) is 7.18. The number of carbonyl (C=O) groups excluding carboxylic acids is 1. The van der Waals surface area contributed by atoms with Gasteiger partial charge in [0.25, 0.3) is 11.6 Å². The molecule has 2 rings (SSSR count). The zero-order chi connectivity index (χ0) is 18.7. The van der Waals surface area contributed by atoms with Crippen LogP contribution in [0.3, 0.4) is 0 Å². The Balaban J connectivity index is 2.28. The van der Waals surface area contributed by atoms with E-state index < -0.39 is 16.9 Å². The number of aryl methyl sites for hydroxylation is 1. The van der Waals surface area contributed by atoms with Crippen molar-refractivity contribution in [3.63, 3.8) is 0 Å². The van der Waals surface area contributed by atoms with E-state index in [1.165, 1.54) is 25.2 Å². The molecule has 25 heavy (non-hydrogen) atoms. The van der Waals surface area contributed by atoms with E-state index in [1.54, 1.807) is 19.1 Å². The second-order valence-electron chi connectivity index (χ2n) is 5.22. The Hall–Kier alpha value is -3.13. The monoisotopic (exact) mass is 363 g/mol. The summed E-state index contributed by atoms with van der Waals surface area (Å²) in [6.07, 6.45) is -1.11. The first-order valence-corrected chi connectivity index (χ1v) is 7.41. The highest BCUT2D eigenvalue weighted by Gasteiger charge is 2.17. The molecule has 0 heterocycles. The summed E-state index contributed by atoms with van der Waals surface area (Å²) in [4.78, 5) is 34.6. The molecule has 2 aromatic carbocycles. The lowest BCUT2D eigenvalue weighted by Crippen LogP contribution is -2.23. The van der Waals surface area contributed by atoms with Crippen LogP contribution in [0.15, 0.2) is 36.4 Å². The van der Waals surface area contributed by atoms with Crippen LogP contribution in [-0.4, -0.2) is 29.1 Å². The van der Waals surface area contributed by atoms with Crippen LogP contribution in [0.25, 0.3) is 0 Å². The number of nitro groups is 1. The van der Waals surface area contributed by atoms with E-state index in [-0.39, 0.29) is 16.3 Å². The van der Waals surface area contributed by atoms with Crippen LogP contribution in [0.4, 0.5) is 21.9 Å². The Labute approximate surface area is 147 Å². The fourth-order valence-corrected chi connectivity index (χ4v) is 2.30. The highest BCUT2D eigenvalue weighted by Crippen LogP contribution is 2.26. The smallest absolute Gasteiger partial charge is 0.411 e. The third kappa shape index (κ3) is 4.04. The van der Waals surface area contributed by atoms with E-state index in [0.29, 0.717) is 16.9 Å². The van der Waals surface area contributed by atoms with Crippen molar-refractivity contribution in [2.45, 2.75) is 6.92 Å². The van der Waals surface area contributed by atoms with Crippen molar-refractivity contribution < 1.29 is 19.6 Å². The number of nitro benzene ring substituents is 1. The molecule has 0 spiro atoms. The maximum absolute atomic E-state index is 12.4. The first-order valence-electron chi connectivity index (χ1n) is 7.03. The van der Waals surface area contributed by atoms with Crippen LogP contribution in [0.1, 0.15) is 15.9 Å². The lowest BCUT2D eigenvalue weighted by atomic mass is 10.1. The number of hydrogen-bond donors (Lipinski definition) is 2. The fraction of sp³-hybridized carbons (Fsp3) is 0.125. The molecule has 0 saturated carbocycles. The Morgan fingerprint density at radius 1 is 1.24 bits per heavy atom.